The molecule has 0 radical (unpaired) electrons. The minimum absolute atomic E-state index is 0.797. The van der Waals surface area contributed by atoms with Crippen LogP contribution in [-0.2, 0) is 0 Å². The molecule has 0 aliphatic heterocycles. The number of allylic oxidation sites excluding steroid dienone is 1. The molecular weight excluding hydrogens is 134 g/mol. The lowest BCUT2D eigenvalue weighted by molar-refractivity contribution is 0.294. The van der Waals surface area contributed by atoms with Crippen LogP contribution in [0.2, 0.25) is 0 Å². The first kappa shape index (κ1) is 7.35. The summed E-state index contributed by atoms with van der Waals surface area (Å²) >= 11 is 0. The van der Waals surface area contributed by atoms with Crippen LogP contribution >= 0.6 is 0 Å². The topological polar surface area (TPSA) is 12.0 Å². The molecule has 0 amide bonds. The summed E-state index contributed by atoms with van der Waals surface area (Å²) in [7, 11) is 0. The van der Waals surface area contributed by atoms with Gasteiger partial charge in [-0.25, -0.2) is 0 Å². The second-order valence-corrected chi connectivity index (χ2v) is 3.78. The van der Waals surface area contributed by atoms with E-state index in [9.17, 15) is 0 Å². The van der Waals surface area contributed by atoms with Crippen molar-refractivity contribution in [2.75, 3.05) is 0 Å². The van der Waals surface area contributed by atoms with Crippen molar-refractivity contribution >= 4 is 0 Å². The molecule has 0 spiro atoms. The average Bonchev–Trinajstić information content (AvgIpc) is 1.99. The highest BCUT2D eigenvalue weighted by atomic mass is 15.0. The summed E-state index contributed by atoms with van der Waals surface area (Å²) in [6.07, 6.45) is 12.8. The van der Waals surface area contributed by atoms with Gasteiger partial charge in [0.05, 0.1) is 0 Å². The van der Waals surface area contributed by atoms with Gasteiger partial charge >= 0.3 is 0 Å². The van der Waals surface area contributed by atoms with Gasteiger partial charge in [0.1, 0.15) is 0 Å². The van der Waals surface area contributed by atoms with E-state index in [2.05, 4.69) is 17.5 Å². The fourth-order valence-electron chi connectivity index (χ4n) is 1.85. The average molecular weight is 151 g/mol. The van der Waals surface area contributed by atoms with Gasteiger partial charge < -0.3 is 5.32 Å². The Morgan fingerprint density at radius 1 is 1.00 bits per heavy atom. The van der Waals surface area contributed by atoms with Gasteiger partial charge in [-0.15, -0.1) is 0 Å². The van der Waals surface area contributed by atoms with E-state index < -0.39 is 0 Å². The fraction of sp³-hybridized carbons (Fsp3) is 0.800. The molecule has 2 rings (SSSR count). The highest BCUT2D eigenvalue weighted by Crippen LogP contribution is 2.21. The molecule has 2 aliphatic rings. The molecule has 1 atom stereocenters. The zero-order chi connectivity index (χ0) is 7.52. The molecule has 1 N–H and O–H groups in total. The van der Waals surface area contributed by atoms with E-state index in [1.165, 1.54) is 38.5 Å². The lowest BCUT2D eigenvalue weighted by Crippen LogP contribution is -2.42. The predicted octanol–water partition coefficient (Wildman–Crippen LogP) is 2.24. The Bertz CT molecular complexity index is 147. The first-order valence-electron chi connectivity index (χ1n) is 4.86. The molecule has 1 unspecified atom stereocenters. The molecule has 2 aliphatic carbocycles. The van der Waals surface area contributed by atoms with Crippen LogP contribution in [0.25, 0.3) is 0 Å². The summed E-state index contributed by atoms with van der Waals surface area (Å²) in [6, 6.07) is 1.66. The maximum atomic E-state index is 3.70. The van der Waals surface area contributed by atoms with Crippen molar-refractivity contribution in [1.82, 2.24) is 5.32 Å². The lowest BCUT2D eigenvalue weighted by Gasteiger charge is -2.32. The molecule has 0 heterocycles. The first-order valence-corrected chi connectivity index (χ1v) is 4.86. The quantitative estimate of drug-likeness (QED) is 0.597. The molecule has 1 saturated carbocycles. The van der Waals surface area contributed by atoms with Crippen LogP contribution in [0.15, 0.2) is 12.2 Å². The Kier molecular flexibility index (Phi) is 2.27. The van der Waals surface area contributed by atoms with Crippen molar-refractivity contribution in [2.45, 2.75) is 50.6 Å². The van der Waals surface area contributed by atoms with Gasteiger partial charge in [0.25, 0.3) is 0 Å². The van der Waals surface area contributed by atoms with Crippen LogP contribution in [0.3, 0.4) is 0 Å². The third-order valence-electron chi connectivity index (χ3n) is 2.85. The molecule has 1 fully saturated rings. The van der Waals surface area contributed by atoms with Crippen LogP contribution in [0.5, 0.6) is 0 Å². The normalized spacial score (nSPS) is 31.8. The Morgan fingerprint density at radius 3 is 2.45 bits per heavy atom. The zero-order valence-corrected chi connectivity index (χ0v) is 7.05. The molecule has 11 heavy (non-hydrogen) atoms. The molecule has 1 heteroatoms. The Morgan fingerprint density at radius 2 is 1.91 bits per heavy atom. The Balaban J connectivity index is 1.72. The van der Waals surface area contributed by atoms with Crippen molar-refractivity contribution < 1.29 is 0 Å². The minimum Gasteiger partial charge on any atom is -0.311 e. The number of nitrogens with one attached hydrogen (secondary N) is 1. The van der Waals surface area contributed by atoms with Gasteiger partial charge in [-0.05, 0) is 32.1 Å². The monoisotopic (exact) mass is 151 g/mol. The Hall–Kier alpha value is -0.300. The van der Waals surface area contributed by atoms with E-state index in [4.69, 9.17) is 0 Å². The van der Waals surface area contributed by atoms with Crippen LogP contribution in [0.4, 0.5) is 0 Å². The van der Waals surface area contributed by atoms with E-state index >= 15 is 0 Å². The van der Waals surface area contributed by atoms with Crippen LogP contribution in [0.1, 0.15) is 38.5 Å². The molecule has 0 aromatic heterocycles. The molecule has 0 saturated heterocycles. The number of hydrogen-bond acceptors (Lipinski definition) is 1. The highest BCUT2D eigenvalue weighted by Gasteiger charge is 2.20. The standard InChI is InChI=1S/C10H17N/c1-2-5-9(6-3-1)11-10-7-4-8-10/h1-2,9-11H,3-8H2. The van der Waals surface area contributed by atoms with E-state index in [1.54, 1.807) is 0 Å². The van der Waals surface area contributed by atoms with Crippen LogP contribution in [0, 0.1) is 0 Å². The van der Waals surface area contributed by atoms with Gasteiger partial charge in [0.15, 0.2) is 0 Å². The number of rotatable bonds is 2. The second-order valence-electron chi connectivity index (χ2n) is 3.78. The van der Waals surface area contributed by atoms with Gasteiger partial charge in [-0.1, -0.05) is 18.6 Å². The van der Waals surface area contributed by atoms with Crippen molar-refractivity contribution in [1.29, 1.82) is 0 Å². The van der Waals surface area contributed by atoms with Gasteiger partial charge in [0.2, 0.25) is 0 Å². The van der Waals surface area contributed by atoms with Gasteiger partial charge in [-0.3, -0.25) is 0 Å². The van der Waals surface area contributed by atoms with E-state index in [0.29, 0.717) is 0 Å². The summed E-state index contributed by atoms with van der Waals surface area (Å²) in [6.45, 7) is 0. The van der Waals surface area contributed by atoms with E-state index in [0.717, 1.165) is 12.1 Å². The summed E-state index contributed by atoms with van der Waals surface area (Å²) in [4.78, 5) is 0. The fourth-order valence-corrected chi connectivity index (χ4v) is 1.85. The lowest BCUT2D eigenvalue weighted by atomic mass is 9.90. The molecule has 0 aromatic rings. The van der Waals surface area contributed by atoms with Crippen molar-refractivity contribution in [2.24, 2.45) is 0 Å². The van der Waals surface area contributed by atoms with Crippen LogP contribution < -0.4 is 5.32 Å². The largest absolute Gasteiger partial charge is 0.311 e. The maximum Gasteiger partial charge on any atom is 0.0107 e. The molecule has 1 nitrogen and oxygen atoms in total. The maximum absolute atomic E-state index is 3.70. The summed E-state index contributed by atoms with van der Waals surface area (Å²) in [5, 5.41) is 3.70. The summed E-state index contributed by atoms with van der Waals surface area (Å²) in [5.74, 6) is 0. The SMILES string of the molecule is C1=CCC(NC2CCC2)CC1. The van der Waals surface area contributed by atoms with E-state index in [1.807, 2.05) is 0 Å². The van der Waals surface area contributed by atoms with Crippen molar-refractivity contribution in [3.8, 4) is 0 Å². The molecule has 0 aromatic carbocycles. The third kappa shape index (κ3) is 1.84. The zero-order valence-electron chi connectivity index (χ0n) is 7.05. The first-order chi connectivity index (χ1) is 5.45. The summed E-state index contributed by atoms with van der Waals surface area (Å²) in [5.41, 5.74) is 0. The van der Waals surface area contributed by atoms with Crippen LogP contribution in [-0.4, -0.2) is 12.1 Å². The van der Waals surface area contributed by atoms with E-state index in [-0.39, 0.29) is 0 Å². The third-order valence-corrected chi connectivity index (χ3v) is 2.85. The second kappa shape index (κ2) is 3.40. The summed E-state index contributed by atoms with van der Waals surface area (Å²) < 4.78 is 0. The molecular formula is C10H17N. The van der Waals surface area contributed by atoms with Crippen molar-refractivity contribution in [3.63, 3.8) is 0 Å². The number of hydrogen-bond donors (Lipinski definition) is 1. The highest BCUT2D eigenvalue weighted by molar-refractivity contribution is 4.94. The smallest absolute Gasteiger partial charge is 0.0107 e. The Labute approximate surface area is 68.9 Å². The minimum atomic E-state index is 0.797. The molecule has 0 bridgehead atoms. The van der Waals surface area contributed by atoms with Gasteiger partial charge in [-0.2, -0.15) is 0 Å². The molecule has 62 valence electrons. The predicted molar refractivity (Wildman–Crippen MR) is 47.6 cm³/mol. The van der Waals surface area contributed by atoms with Gasteiger partial charge in [0, 0.05) is 12.1 Å². The van der Waals surface area contributed by atoms with Crippen molar-refractivity contribution in [3.05, 3.63) is 12.2 Å².